The first kappa shape index (κ1) is 19.6. The molecule has 9 heteroatoms. The van der Waals surface area contributed by atoms with Gasteiger partial charge in [0.15, 0.2) is 5.69 Å². The van der Waals surface area contributed by atoms with Crippen LogP contribution < -0.4 is 5.32 Å². The largest absolute Gasteiger partial charge is 0.435 e. The van der Waals surface area contributed by atoms with Crippen LogP contribution in [0.2, 0.25) is 0 Å². The molecular formula is C20H16F4N4S. The molecule has 0 fully saturated rings. The predicted molar refractivity (Wildman–Crippen MR) is 101 cm³/mol. The van der Waals surface area contributed by atoms with Crippen molar-refractivity contribution in [2.24, 2.45) is 0 Å². The van der Waals surface area contributed by atoms with Gasteiger partial charge < -0.3 is 5.32 Å². The van der Waals surface area contributed by atoms with Crippen LogP contribution in [0.4, 0.5) is 17.6 Å². The lowest BCUT2D eigenvalue weighted by molar-refractivity contribution is -0.141. The maximum Gasteiger partial charge on any atom is 0.435 e. The highest BCUT2D eigenvalue weighted by molar-refractivity contribution is 7.12. The van der Waals surface area contributed by atoms with E-state index >= 15 is 0 Å². The third-order valence-corrected chi connectivity index (χ3v) is 6.05. The number of fused-ring (bicyclic) bond motifs is 1. The minimum absolute atomic E-state index is 0.142. The normalized spacial score (nSPS) is 16.5. The third-order valence-electron chi connectivity index (χ3n) is 5.00. The summed E-state index contributed by atoms with van der Waals surface area (Å²) in [5.74, 6) is -0.910. The Balaban J connectivity index is 1.92. The summed E-state index contributed by atoms with van der Waals surface area (Å²) in [5, 5.41) is 16.1. The average molecular weight is 420 g/mol. The molecule has 0 spiro atoms. The van der Waals surface area contributed by atoms with Crippen molar-refractivity contribution in [3.05, 3.63) is 62.9 Å². The van der Waals surface area contributed by atoms with E-state index in [-0.39, 0.29) is 23.6 Å². The van der Waals surface area contributed by atoms with Crippen molar-refractivity contribution in [1.82, 2.24) is 15.1 Å². The highest BCUT2D eigenvalue weighted by atomic mass is 32.1. The van der Waals surface area contributed by atoms with Crippen LogP contribution in [0.5, 0.6) is 0 Å². The number of nitrogens with one attached hydrogen (secondary N) is 1. The molecule has 4 rings (SSSR count). The van der Waals surface area contributed by atoms with Gasteiger partial charge in [0.25, 0.3) is 0 Å². The molecule has 0 aliphatic carbocycles. The molecule has 0 bridgehead atoms. The first-order valence-electron chi connectivity index (χ1n) is 8.99. The van der Waals surface area contributed by atoms with Gasteiger partial charge in [-0.2, -0.15) is 23.5 Å². The molecule has 0 amide bonds. The first-order chi connectivity index (χ1) is 13.8. The first-order valence-corrected chi connectivity index (χ1v) is 9.81. The van der Waals surface area contributed by atoms with Gasteiger partial charge in [0.05, 0.1) is 0 Å². The molecule has 1 unspecified atom stereocenters. The quantitative estimate of drug-likeness (QED) is 0.614. The number of hydrogen-bond acceptors (Lipinski definition) is 4. The monoisotopic (exact) mass is 420 g/mol. The molecule has 3 aromatic rings. The zero-order valence-electron chi connectivity index (χ0n) is 15.3. The fraction of sp³-hybridized carbons (Fsp3) is 0.300. The number of nitrogens with zero attached hydrogens (tertiary/aromatic N) is 3. The lowest BCUT2D eigenvalue weighted by Crippen LogP contribution is -2.27. The fourth-order valence-electron chi connectivity index (χ4n) is 3.70. The Morgan fingerprint density at radius 2 is 2.07 bits per heavy atom. The molecule has 29 heavy (non-hydrogen) atoms. The van der Waals surface area contributed by atoms with Crippen molar-refractivity contribution in [3.63, 3.8) is 0 Å². The number of hydrogen-bond donors (Lipinski definition) is 1. The van der Waals surface area contributed by atoms with Crippen molar-refractivity contribution >= 4 is 11.3 Å². The number of halogens is 4. The number of nitriles is 1. The van der Waals surface area contributed by atoms with Crippen LogP contribution in [0.1, 0.15) is 39.4 Å². The van der Waals surface area contributed by atoms with E-state index in [9.17, 15) is 22.8 Å². The van der Waals surface area contributed by atoms with E-state index < -0.39 is 17.7 Å². The second kappa shape index (κ2) is 7.28. The van der Waals surface area contributed by atoms with Gasteiger partial charge in [0, 0.05) is 42.2 Å². The Kier molecular flexibility index (Phi) is 4.92. The number of alkyl halides is 3. The van der Waals surface area contributed by atoms with E-state index in [0.717, 1.165) is 16.5 Å². The van der Waals surface area contributed by atoms with Crippen LogP contribution >= 0.6 is 11.3 Å². The van der Waals surface area contributed by atoms with E-state index in [1.807, 2.05) is 0 Å². The SMILES string of the molecule is CCn1cc(-c2cc(F)ccc2C2CNCc3sc(C#N)cc32)c(C(F)(F)F)n1. The topological polar surface area (TPSA) is 53.6 Å². The van der Waals surface area contributed by atoms with Gasteiger partial charge in [-0.1, -0.05) is 6.07 Å². The van der Waals surface area contributed by atoms with Crippen molar-refractivity contribution < 1.29 is 17.6 Å². The van der Waals surface area contributed by atoms with E-state index in [0.29, 0.717) is 23.5 Å². The van der Waals surface area contributed by atoms with E-state index in [1.165, 1.54) is 34.3 Å². The van der Waals surface area contributed by atoms with Crippen LogP contribution in [-0.4, -0.2) is 16.3 Å². The molecule has 2 aromatic heterocycles. The van der Waals surface area contributed by atoms with Gasteiger partial charge in [-0.25, -0.2) is 4.39 Å². The molecule has 3 heterocycles. The second-order valence-corrected chi connectivity index (χ2v) is 7.90. The number of rotatable bonds is 3. The molecule has 0 saturated heterocycles. The summed E-state index contributed by atoms with van der Waals surface area (Å²) in [6.45, 7) is 3.03. The van der Waals surface area contributed by atoms with Crippen LogP contribution in [-0.2, 0) is 19.3 Å². The molecule has 1 N–H and O–H groups in total. The van der Waals surface area contributed by atoms with E-state index in [4.69, 9.17) is 0 Å². The van der Waals surface area contributed by atoms with Gasteiger partial charge in [-0.15, -0.1) is 11.3 Å². The Hall–Kier alpha value is -2.70. The van der Waals surface area contributed by atoms with Gasteiger partial charge in [0.1, 0.15) is 16.8 Å². The van der Waals surface area contributed by atoms with Crippen LogP contribution in [0.3, 0.4) is 0 Å². The summed E-state index contributed by atoms with van der Waals surface area (Å²) < 4.78 is 56.2. The molecule has 1 atom stereocenters. The smallest absolute Gasteiger partial charge is 0.311 e. The highest BCUT2D eigenvalue weighted by Gasteiger charge is 2.38. The van der Waals surface area contributed by atoms with Crippen LogP contribution in [0, 0.1) is 17.1 Å². The fourth-order valence-corrected chi connectivity index (χ4v) is 4.69. The maximum absolute atomic E-state index is 14.1. The van der Waals surface area contributed by atoms with Crippen molar-refractivity contribution in [1.29, 1.82) is 5.26 Å². The zero-order chi connectivity index (χ0) is 20.8. The average Bonchev–Trinajstić information content (AvgIpc) is 3.31. The summed E-state index contributed by atoms with van der Waals surface area (Å²) in [5.41, 5.74) is 0.467. The maximum atomic E-state index is 14.1. The molecule has 1 aromatic carbocycles. The lowest BCUT2D eigenvalue weighted by atomic mass is 9.84. The van der Waals surface area contributed by atoms with Gasteiger partial charge in [0.2, 0.25) is 0 Å². The third kappa shape index (κ3) is 3.54. The number of benzene rings is 1. The molecule has 4 nitrogen and oxygen atoms in total. The van der Waals surface area contributed by atoms with Crippen molar-refractivity contribution in [3.8, 4) is 17.2 Å². The molecule has 0 radical (unpaired) electrons. The zero-order valence-corrected chi connectivity index (χ0v) is 16.2. The Morgan fingerprint density at radius 1 is 1.28 bits per heavy atom. The van der Waals surface area contributed by atoms with Crippen LogP contribution in [0.15, 0.2) is 30.5 Å². The lowest BCUT2D eigenvalue weighted by Gasteiger charge is -2.26. The Morgan fingerprint density at radius 3 is 2.76 bits per heavy atom. The Bertz CT molecular complexity index is 1110. The van der Waals surface area contributed by atoms with Crippen molar-refractivity contribution in [2.45, 2.75) is 32.1 Å². The van der Waals surface area contributed by atoms with E-state index in [1.54, 1.807) is 13.0 Å². The van der Waals surface area contributed by atoms with Gasteiger partial charge in [-0.3, -0.25) is 4.68 Å². The predicted octanol–water partition coefficient (Wildman–Crippen LogP) is 4.90. The highest BCUT2D eigenvalue weighted by Crippen LogP contribution is 2.43. The summed E-state index contributed by atoms with van der Waals surface area (Å²) >= 11 is 1.36. The Labute approximate surface area is 168 Å². The standard InChI is InChI=1S/C20H16F4N4S/c1-2-28-10-17(19(27-28)20(22,23)24)14-5-11(21)3-4-13(14)16-8-26-9-18-15(16)6-12(7-25)29-18/h3-6,10,16,26H,2,8-9H2,1H3. The minimum Gasteiger partial charge on any atom is -0.311 e. The van der Waals surface area contributed by atoms with Gasteiger partial charge in [-0.05, 0) is 41.8 Å². The molecule has 0 saturated carbocycles. The summed E-state index contributed by atoms with van der Waals surface area (Å²) in [7, 11) is 0. The number of aromatic nitrogens is 2. The molecular weight excluding hydrogens is 404 g/mol. The summed E-state index contributed by atoms with van der Waals surface area (Å²) in [4.78, 5) is 1.51. The summed E-state index contributed by atoms with van der Waals surface area (Å²) in [6.07, 6.45) is -3.35. The summed E-state index contributed by atoms with van der Waals surface area (Å²) in [6, 6.07) is 7.81. The second-order valence-electron chi connectivity index (χ2n) is 6.76. The molecule has 1 aliphatic heterocycles. The molecule has 1 aliphatic rings. The number of thiophene rings is 1. The van der Waals surface area contributed by atoms with E-state index in [2.05, 4.69) is 16.5 Å². The van der Waals surface area contributed by atoms with Gasteiger partial charge >= 0.3 is 6.18 Å². The van der Waals surface area contributed by atoms with Crippen LogP contribution in [0.25, 0.3) is 11.1 Å². The van der Waals surface area contributed by atoms with Crippen molar-refractivity contribution in [2.75, 3.05) is 6.54 Å². The number of aryl methyl sites for hydroxylation is 1. The minimum atomic E-state index is -4.66. The molecule has 150 valence electrons.